The van der Waals surface area contributed by atoms with Crippen molar-refractivity contribution >= 4 is 11.6 Å². The zero-order valence-electron chi connectivity index (χ0n) is 10.1. The summed E-state index contributed by atoms with van der Waals surface area (Å²) in [5, 5.41) is 0. The molecule has 3 nitrogen and oxygen atoms in total. The van der Waals surface area contributed by atoms with E-state index in [0.717, 1.165) is 37.9 Å². The Bertz CT molecular complexity index is 442. The van der Waals surface area contributed by atoms with Gasteiger partial charge in [-0.15, -0.1) is 0 Å². The molecule has 3 heteroatoms. The molecule has 1 fully saturated rings. The van der Waals surface area contributed by atoms with Gasteiger partial charge in [-0.3, -0.25) is 9.78 Å². The molecule has 0 spiro atoms. The molecule has 1 amide bonds. The SMILES string of the molecule is O=C1CCCCN1c1ccnc2c1CCCC2. The third kappa shape index (κ3) is 1.94. The van der Waals surface area contributed by atoms with Gasteiger partial charge in [0.05, 0.1) is 5.69 Å². The third-order valence-electron chi connectivity index (χ3n) is 3.82. The van der Waals surface area contributed by atoms with Crippen molar-refractivity contribution in [2.24, 2.45) is 0 Å². The van der Waals surface area contributed by atoms with E-state index in [-0.39, 0.29) is 5.91 Å². The number of piperidine rings is 1. The molecule has 0 atom stereocenters. The number of carbonyl (C=O) groups excluding carboxylic acids is 1. The monoisotopic (exact) mass is 230 g/mol. The first kappa shape index (κ1) is 10.8. The highest BCUT2D eigenvalue weighted by Crippen LogP contribution is 2.30. The molecule has 0 unspecified atom stereocenters. The van der Waals surface area contributed by atoms with Crippen molar-refractivity contribution in [3.63, 3.8) is 0 Å². The van der Waals surface area contributed by atoms with Crippen LogP contribution in [0.25, 0.3) is 0 Å². The minimum Gasteiger partial charge on any atom is -0.312 e. The first-order chi connectivity index (χ1) is 8.36. The number of fused-ring (bicyclic) bond motifs is 1. The average Bonchev–Trinajstić information content (AvgIpc) is 2.39. The quantitative estimate of drug-likeness (QED) is 0.742. The summed E-state index contributed by atoms with van der Waals surface area (Å²) in [6.45, 7) is 0.884. The van der Waals surface area contributed by atoms with E-state index in [1.807, 2.05) is 17.2 Å². The van der Waals surface area contributed by atoms with Crippen LogP contribution in [0.5, 0.6) is 0 Å². The second-order valence-electron chi connectivity index (χ2n) is 4.96. The summed E-state index contributed by atoms with van der Waals surface area (Å²) < 4.78 is 0. The van der Waals surface area contributed by atoms with Gasteiger partial charge < -0.3 is 4.90 Å². The van der Waals surface area contributed by atoms with Crippen LogP contribution >= 0.6 is 0 Å². The normalized spacial score (nSPS) is 20.2. The van der Waals surface area contributed by atoms with Crippen LogP contribution < -0.4 is 4.90 Å². The Hall–Kier alpha value is -1.38. The first-order valence-electron chi connectivity index (χ1n) is 6.63. The number of hydrogen-bond acceptors (Lipinski definition) is 2. The van der Waals surface area contributed by atoms with Gasteiger partial charge in [0.25, 0.3) is 0 Å². The van der Waals surface area contributed by atoms with Crippen molar-refractivity contribution in [2.45, 2.75) is 44.9 Å². The fraction of sp³-hybridized carbons (Fsp3) is 0.571. The van der Waals surface area contributed by atoms with Gasteiger partial charge in [-0.05, 0) is 50.2 Å². The fourth-order valence-corrected chi connectivity index (χ4v) is 2.92. The highest BCUT2D eigenvalue weighted by molar-refractivity contribution is 5.94. The summed E-state index contributed by atoms with van der Waals surface area (Å²) in [4.78, 5) is 18.4. The number of pyridine rings is 1. The van der Waals surface area contributed by atoms with Gasteiger partial charge in [-0.25, -0.2) is 0 Å². The van der Waals surface area contributed by atoms with Crippen LogP contribution in [0.4, 0.5) is 5.69 Å². The van der Waals surface area contributed by atoms with Crippen molar-refractivity contribution in [2.75, 3.05) is 11.4 Å². The maximum Gasteiger partial charge on any atom is 0.226 e. The molecule has 2 heterocycles. The number of anilines is 1. The molecule has 17 heavy (non-hydrogen) atoms. The molecule has 90 valence electrons. The Morgan fingerprint density at radius 1 is 1.06 bits per heavy atom. The average molecular weight is 230 g/mol. The van der Waals surface area contributed by atoms with Crippen LogP contribution in [-0.4, -0.2) is 17.4 Å². The molecule has 0 radical (unpaired) electrons. The lowest BCUT2D eigenvalue weighted by Gasteiger charge is -2.30. The van der Waals surface area contributed by atoms with Crippen LogP contribution in [0.2, 0.25) is 0 Å². The Balaban J connectivity index is 1.99. The molecule has 1 aliphatic heterocycles. The summed E-state index contributed by atoms with van der Waals surface area (Å²) in [5.74, 6) is 0.287. The zero-order valence-corrected chi connectivity index (χ0v) is 10.1. The number of carbonyl (C=O) groups is 1. The molecule has 2 aliphatic rings. The van der Waals surface area contributed by atoms with Crippen LogP contribution in [-0.2, 0) is 17.6 Å². The number of hydrogen-bond donors (Lipinski definition) is 0. The van der Waals surface area contributed by atoms with Crippen LogP contribution in [0.1, 0.15) is 43.4 Å². The van der Waals surface area contributed by atoms with Gasteiger partial charge >= 0.3 is 0 Å². The van der Waals surface area contributed by atoms with Crippen molar-refractivity contribution in [3.05, 3.63) is 23.5 Å². The number of nitrogens with zero attached hydrogens (tertiary/aromatic N) is 2. The second-order valence-corrected chi connectivity index (χ2v) is 4.96. The third-order valence-corrected chi connectivity index (χ3v) is 3.82. The first-order valence-corrected chi connectivity index (χ1v) is 6.63. The van der Waals surface area contributed by atoms with Crippen molar-refractivity contribution in [3.8, 4) is 0 Å². The van der Waals surface area contributed by atoms with Crippen LogP contribution in [0.3, 0.4) is 0 Å². The minimum atomic E-state index is 0.287. The van der Waals surface area contributed by atoms with Gasteiger partial charge in [0.2, 0.25) is 5.91 Å². The molecule has 0 bridgehead atoms. The number of rotatable bonds is 1. The summed E-state index contributed by atoms with van der Waals surface area (Å²) in [6.07, 6.45) is 9.36. The molecular weight excluding hydrogens is 212 g/mol. The molecule has 3 rings (SSSR count). The van der Waals surface area contributed by atoms with Gasteiger partial charge in [0.1, 0.15) is 0 Å². The second kappa shape index (κ2) is 4.47. The smallest absolute Gasteiger partial charge is 0.226 e. The topological polar surface area (TPSA) is 33.2 Å². The fourth-order valence-electron chi connectivity index (χ4n) is 2.92. The summed E-state index contributed by atoms with van der Waals surface area (Å²) in [6, 6.07) is 2.02. The number of aryl methyl sites for hydroxylation is 1. The highest BCUT2D eigenvalue weighted by Gasteiger charge is 2.24. The van der Waals surface area contributed by atoms with E-state index >= 15 is 0 Å². The maximum atomic E-state index is 12.0. The summed E-state index contributed by atoms with van der Waals surface area (Å²) in [5.41, 5.74) is 3.68. The van der Waals surface area contributed by atoms with E-state index < -0.39 is 0 Å². The van der Waals surface area contributed by atoms with Crippen LogP contribution in [0, 0.1) is 0 Å². The zero-order chi connectivity index (χ0) is 11.7. The van der Waals surface area contributed by atoms with Gasteiger partial charge in [0.15, 0.2) is 0 Å². The van der Waals surface area contributed by atoms with E-state index in [2.05, 4.69) is 4.98 Å². The Kier molecular flexibility index (Phi) is 2.83. The van der Waals surface area contributed by atoms with E-state index in [9.17, 15) is 4.79 Å². The van der Waals surface area contributed by atoms with E-state index in [0.29, 0.717) is 6.42 Å². The number of aromatic nitrogens is 1. The van der Waals surface area contributed by atoms with Crippen molar-refractivity contribution in [1.29, 1.82) is 0 Å². The lowest BCUT2D eigenvalue weighted by atomic mass is 9.93. The van der Waals surface area contributed by atoms with E-state index in [4.69, 9.17) is 0 Å². The number of amides is 1. The predicted octanol–water partition coefficient (Wildman–Crippen LogP) is 2.48. The highest BCUT2D eigenvalue weighted by atomic mass is 16.2. The molecule has 0 aromatic carbocycles. The Labute approximate surface area is 102 Å². The molecular formula is C14H18N2O. The predicted molar refractivity (Wildman–Crippen MR) is 67.1 cm³/mol. The minimum absolute atomic E-state index is 0.287. The van der Waals surface area contributed by atoms with Crippen LogP contribution in [0.15, 0.2) is 12.3 Å². The summed E-state index contributed by atoms with van der Waals surface area (Å²) >= 11 is 0. The molecule has 0 N–H and O–H groups in total. The molecule has 1 aromatic heterocycles. The van der Waals surface area contributed by atoms with E-state index in [1.54, 1.807) is 0 Å². The molecule has 1 aromatic rings. The molecule has 0 saturated carbocycles. The molecule has 1 aliphatic carbocycles. The summed E-state index contributed by atoms with van der Waals surface area (Å²) in [7, 11) is 0. The van der Waals surface area contributed by atoms with Gasteiger partial charge in [0, 0.05) is 24.9 Å². The van der Waals surface area contributed by atoms with E-state index in [1.165, 1.54) is 24.1 Å². The lowest BCUT2D eigenvalue weighted by molar-refractivity contribution is -0.119. The largest absolute Gasteiger partial charge is 0.312 e. The Morgan fingerprint density at radius 2 is 1.88 bits per heavy atom. The Morgan fingerprint density at radius 3 is 2.76 bits per heavy atom. The van der Waals surface area contributed by atoms with Crippen molar-refractivity contribution < 1.29 is 4.79 Å². The van der Waals surface area contributed by atoms with Crippen molar-refractivity contribution in [1.82, 2.24) is 4.98 Å². The van der Waals surface area contributed by atoms with Gasteiger partial charge in [-0.2, -0.15) is 0 Å². The standard InChI is InChI=1S/C14H18N2O/c17-14-7-3-4-10-16(14)13-8-9-15-12-6-2-1-5-11(12)13/h8-9H,1-7,10H2. The van der Waals surface area contributed by atoms with Gasteiger partial charge in [-0.1, -0.05) is 0 Å². The molecule has 1 saturated heterocycles. The lowest BCUT2D eigenvalue weighted by Crippen LogP contribution is -2.36. The maximum absolute atomic E-state index is 12.0.